The molecule has 1 amide bonds. The fraction of sp³-hybridized carbons (Fsp3) is 0.750. The summed E-state index contributed by atoms with van der Waals surface area (Å²) in [5.74, 6) is 0.294. The summed E-state index contributed by atoms with van der Waals surface area (Å²) in [7, 11) is -2.99. The topological polar surface area (TPSA) is 72.3 Å². The van der Waals surface area contributed by atoms with Crippen LogP contribution in [-0.4, -0.2) is 52.6 Å². The van der Waals surface area contributed by atoms with E-state index in [1.807, 2.05) is 9.58 Å². The molecule has 7 heteroatoms. The van der Waals surface area contributed by atoms with Gasteiger partial charge >= 0.3 is 0 Å². The molecule has 23 heavy (non-hydrogen) atoms. The van der Waals surface area contributed by atoms with Gasteiger partial charge in [-0.15, -0.1) is 0 Å². The van der Waals surface area contributed by atoms with Gasteiger partial charge in [0, 0.05) is 18.3 Å². The Morgan fingerprint density at radius 1 is 1.13 bits per heavy atom. The van der Waals surface area contributed by atoms with E-state index in [1.54, 1.807) is 12.3 Å². The van der Waals surface area contributed by atoms with Gasteiger partial charge in [0.15, 0.2) is 9.84 Å². The van der Waals surface area contributed by atoms with E-state index < -0.39 is 9.84 Å². The predicted octanol–water partition coefficient (Wildman–Crippen LogP) is 1.79. The zero-order chi connectivity index (χ0) is 16.0. The summed E-state index contributed by atoms with van der Waals surface area (Å²) in [6, 6.07) is 2.16. The van der Waals surface area contributed by atoms with E-state index in [1.165, 1.54) is 12.8 Å². The van der Waals surface area contributed by atoms with E-state index in [-0.39, 0.29) is 29.5 Å². The van der Waals surface area contributed by atoms with E-state index in [0.717, 1.165) is 25.7 Å². The molecule has 1 aromatic heterocycles. The lowest BCUT2D eigenvalue weighted by Crippen LogP contribution is -2.43. The summed E-state index contributed by atoms with van der Waals surface area (Å²) in [4.78, 5) is 15.0. The fourth-order valence-electron chi connectivity index (χ4n) is 4.03. The number of sulfone groups is 1. The first-order chi connectivity index (χ1) is 11.1. The Labute approximate surface area is 136 Å². The summed E-state index contributed by atoms with van der Waals surface area (Å²) in [5, 5.41) is 4.39. The second-order valence-electron chi connectivity index (χ2n) is 7.10. The highest BCUT2D eigenvalue weighted by molar-refractivity contribution is 7.91. The van der Waals surface area contributed by atoms with Crippen LogP contribution in [0.3, 0.4) is 0 Å². The zero-order valence-corrected chi connectivity index (χ0v) is 14.0. The molecule has 1 unspecified atom stereocenters. The Morgan fingerprint density at radius 3 is 2.48 bits per heavy atom. The van der Waals surface area contributed by atoms with Crippen molar-refractivity contribution in [1.29, 1.82) is 0 Å². The highest BCUT2D eigenvalue weighted by atomic mass is 32.2. The molecule has 2 heterocycles. The fourth-order valence-corrected chi connectivity index (χ4v) is 5.74. The van der Waals surface area contributed by atoms with Gasteiger partial charge in [0.05, 0.1) is 17.5 Å². The summed E-state index contributed by atoms with van der Waals surface area (Å²) in [6.45, 7) is 0. The first-order valence-corrected chi connectivity index (χ1v) is 10.4. The first-order valence-electron chi connectivity index (χ1n) is 8.62. The number of rotatable bonds is 4. The standard InChI is InChI=1S/C16H23N3O3S/c20-16(15-7-9-17-19(15)13-3-1-2-4-13)18(12-5-6-12)14-8-10-23(21,22)11-14/h7,9,12-14H,1-6,8,10-11H2. The van der Waals surface area contributed by atoms with Gasteiger partial charge in [0.1, 0.15) is 5.69 Å². The molecule has 4 rings (SSSR count). The molecule has 1 aliphatic heterocycles. The van der Waals surface area contributed by atoms with Crippen LogP contribution in [0, 0.1) is 0 Å². The minimum absolute atomic E-state index is 0.0287. The van der Waals surface area contributed by atoms with Gasteiger partial charge in [-0.2, -0.15) is 5.10 Å². The summed E-state index contributed by atoms with van der Waals surface area (Å²) < 4.78 is 25.5. The highest BCUT2D eigenvalue weighted by Gasteiger charge is 2.43. The lowest BCUT2D eigenvalue weighted by molar-refractivity contribution is 0.0665. The number of carbonyl (C=O) groups is 1. The molecule has 6 nitrogen and oxygen atoms in total. The number of aromatic nitrogens is 2. The van der Waals surface area contributed by atoms with Crippen LogP contribution in [-0.2, 0) is 9.84 Å². The molecule has 0 bridgehead atoms. The van der Waals surface area contributed by atoms with Crippen molar-refractivity contribution < 1.29 is 13.2 Å². The maximum atomic E-state index is 13.1. The van der Waals surface area contributed by atoms with Gasteiger partial charge < -0.3 is 4.90 Å². The monoisotopic (exact) mass is 337 g/mol. The Morgan fingerprint density at radius 2 is 1.87 bits per heavy atom. The van der Waals surface area contributed by atoms with E-state index in [4.69, 9.17) is 0 Å². The molecule has 0 aromatic carbocycles. The largest absolute Gasteiger partial charge is 0.330 e. The lowest BCUT2D eigenvalue weighted by Gasteiger charge is -2.29. The van der Waals surface area contributed by atoms with E-state index in [2.05, 4.69) is 5.10 Å². The second kappa shape index (κ2) is 5.61. The number of carbonyl (C=O) groups excluding carboxylic acids is 1. The third-order valence-electron chi connectivity index (χ3n) is 5.34. The van der Waals surface area contributed by atoms with Crippen LogP contribution in [0.15, 0.2) is 12.3 Å². The number of nitrogens with zero attached hydrogens (tertiary/aromatic N) is 3. The molecule has 3 aliphatic rings. The Hall–Kier alpha value is -1.37. The van der Waals surface area contributed by atoms with Gasteiger partial charge in [-0.3, -0.25) is 9.48 Å². The molecule has 0 N–H and O–H groups in total. The van der Waals surface area contributed by atoms with Crippen LogP contribution in [0.1, 0.15) is 61.5 Å². The lowest BCUT2D eigenvalue weighted by atomic mass is 10.2. The van der Waals surface area contributed by atoms with Crippen LogP contribution in [0.25, 0.3) is 0 Å². The van der Waals surface area contributed by atoms with Gasteiger partial charge in [-0.05, 0) is 38.2 Å². The predicted molar refractivity (Wildman–Crippen MR) is 86.0 cm³/mol. The van der Waals surface area contributed by atoms with Crippen molar-refractivity contribution in [2.24, 2.45) is 0 Å². The average Bonchev–Trinajstić information content (AvgIpc) is 2.96. The molecule has 0 radical (unpaired) electrons. The van der Waals surface area contributed by atoms with Crippen molar-refractivity contribution in [2.45, 2.75) is 63.1 Å². The van der Waals surface area contributed by atoms with Gasteiger partial charge in [0.2, 0.25) is 0 Å². The summed E-state index contributed by atoms with van der Waals surface area (Å²) in [5.41, 5.74) is 0.632. The zero-order valence-electron chi connectivity index (χ0n) is 13.2. The Kier molecular flexibility index (Phi) is 3.70. The quantitative estimate of drug-likeness (QED) is 0.840. The first kappa shape index (κ1) is 15.2. The average molecular weight is 337 g/mol. The van der Waals surface area contributed by atoms with Crippen LogP contribution in [0.2, 0.25) is 0 Å². The van der Waals surface area contributed by atoms with Crippen LogP contribution in [0.5, 0.6) is 0 Å². The Balaban J connectivity index is 1.60. The maximum Gasteiger partial charge on any atom is 0.272 e. The third kappa shape index (κ3) is 2.91. The minimum Gasteiger partial charge on any atom is -0.330 e. The summed E-state index contributed by atoms with van der Waals surface area (Å²) >= 11 is 0. The molecule has 2 aliphatic carbocycles. The molecule has 2 saturated carbocycles. The van der Waals surface area contributed by atoms with E-state index >= 15 is 0 Å². The number of amides is 1. The minimum atomic E-state index is -2.99. The third-order valence-corrected chi connectivity index (χ3v) is 7.09. The molecule has 1 atom stereocenters. The molecule has 0 spiro atoms. The second-order valence-corrected chi connectivity index (χ2v) is 9.33. The smallest absolute Gasteiger partial charge is 0.272 e. The highest BCUT2D eigenvalue weighted by Crippen LogP contribution is 2.35. The van der Waals surface area contributed by atoms with Crippen LogP contribution in [0.4, 0.5) is 0 Å². The molecule has 3 fully saturated rings. The molecular weight excluding hydrogens is 314 g/mol. The maximum absolute atomic E-state index is 13.1. The van der Waals surface area contributed by atoms with Gasteiger partial charge in [-0.1, -0.05) is 12.8 Å². The summed E-state index contributed by atoms with van der Waals surface area (Å²) in [6.07, 6.45) is 8.76. The van der Waals surface area contributed by atoms with Crippen molar-refractivity contribution in [2.75, 3.05) is 11.5 Å². The van der Waals surface area contributed by atoms with Crippen molar-refractivity contribution in [3.63, 3.8) is 0 Å². The van der Waals surface area contributed by atoms with Gasteiger partial charge in [0.25, 0.3) is 5.91 Å². The molecule has 1 aromatic rings. The SMILES string of the molecule is O=C(c1ccnn1C1CCCC1)N(C1CC1)C1CCS(=O)(=O)C1. The van der Waals surface area contributed by atoms with Crippen molar-refractivity contribution in [3.05, 3.63) is 18.0 Å². The van der Waals surface area contributed by atoms with Crippen molar-refractivity contribution in [3.8, 4) is 0 Å². The van der Waals surface area contributed by atoms with E-state index in [9.17, 15) is 13.2 Å². The van der Waals surface area contributed by atoms with Gasteiger partial charge in [-0.25, -0.2) is 8.42 Å². The molecule has 126 valence electrons. The normalized spacial score (nSPS) is 27.4. The van der Waals surface area contributed by atoms with Crippen molar-refractivity contribution in [1.82, 2.24) is 14.7 Å². The van der Waals surface area contributed by atoms with Crippen LogP contribution < -0.4 is 0 Å². The number of hydrogen-bond donors (Lipinski definition) is 0. The molecule has 1 saturated heterocycles. The number of hydrogen-bond acceptors (Lipinski definition) is 4. The van der Waals surface area contributed by atoms with E-state index in [0.29, 0.717) is 18.2 Å². The molecular formula is C16H23N3O3S. The Bertz CT molecular complexity index is 702. The van der Waals surface area contributed by atoms with Crippen LogP contribution >= 0.6 is 0 Å². The van der Waals surface area contributed by atoms with Crippen molar-refractivity contribution >= 4 is 15.7 Å².